The number of benzene rings is 2. The van der Waals surface area contributed by atoms with Crippen molar-refractivity contribution in [3.05, 3.63) is 77.4 Å². The van der Waals surface area contributed by atoms with Crippen LogP contribution < -0.4 is 10.2 Å². The van der Waals surface area contributed by atoms with Gasteiger partial charge in [-0.2, -0.15) is 0 Å². The number of quaternary nitrogens is 1. The third-order valence-corrected chi connectivity index (χ3v) is 4.80. The lowest BCUT2D eigenvalue weighted by Gasteiger charge is -2.24. The van der Waals surface area contributed by atoms with Crippen molar-refractivity contribution in [3.63, 3.8) is 0 Å². The Hall–Kier alpha value is -2.39. The molecule has 2 N–H and O–H groups in total. The maximum atomic E-state index is 12.1. The molecule has 3 rings (SSSR count). The van der Waals surface area contributed by atoms with E-state index in [-0.39, 0.29) is 5.91 Å². The average molecular weight is 335 g/mol. The lowest BCUT2D eigenvalue weighted by molar-refractivity contribution is -0.918. The number of rotatable bonds is 6. The second kappa shape index (κ2) is 9.19. The highest BCUT2D eigenvalue weighted by Gasteiger charge is 2.15. The summed E-state index contributed by atoms with van der Waals surface area (Å²) in [5.74, 6) is -0.0519. The molecule has 1 fully saturated rings. The molecule has 0 unspecified atom stereocenters. The van der Waals surface area contributed by atoms with Gasteiger partial charge in [0.2, 0.25) is 5.91 Å². The lowest BCUT2D eigenvalue weighted by atomic mass is 10.0. The van der Waals surface area contributed by atoms with Crippen LogP contribution in [0.25, 0.3) is 6.08 Å². The van der Waals surface area contributed by atoms with Crippen molar-refractivity contribution in [3.8, 4) is 0 Å². The summed E-state index contributed by atoms with van der Waals surface area (Å²) in [5.41, 5.74) is 3.61. The second-order valence-corrected chi connectivity index (χ2v) is 6.72. The summed E-state index contributed by atoms with van der Waals surface area (Å²) in [6.45, 7) is 4.17. The molecule has 1 aliphatic heterocycles. The fourth-order valence-corrected chi connectivity index (χ4v) is 3.38. The molecular formula is C22H27N2O+. The summed E-state index contributed by atoms with van der Waals surface area (Å²) < 4.78 is 0. The van der Waals surface area contributed by atoms with Gasteiger partial charge in [0.05, 0.1) is 13.1 Å². The molecule has 0 atom stereocenters. The van der Waals surface area contributed by atoms with Crippen molar-refractivity contribution in [1.29, 1.82) is 0 Å². The average Bonchev–Trinajstić information content (AvgIpc) is 2.67. The Labute approximate surface area is 150 Å². The van der Waals surface area contributed by atoms with Gasteiger partial charge in [-0.3, -0.25) is 4.79 Å². The Morgan fingerprint density at radius 3 is 2.36 bits per heavy atom. The van der Waals surface area contributed by atoms with E-state index in [0.29, 0.717) is 6.54 Å². The molecule has 25 heavy (non-hydrogen) atoms. The first-order chi connectivity index (χ1) is 12.3. The van der Waals surface area contributed by atoms with E-state index in [1.165, 1.54) is 43.5 Å². The number of carbonyl (C=O) groups excluding carboxylic acids is 1. The number of piperidine rings is 1. The van der Waals surface area contributed by atoms with Gasteiger partial charge in [-0.25, -0.2) is 0 Å². The van der Waals surface area contributed by atoms with Gasteiger partial charge in [0, 0.05) is 18.2 Å². The highest BCUT2D eigenvalue weighted by atomic mass is 16.1. The van der Waals surface area contributed by atoms with Crippen LogP contribution >= 0.6 is 0 Å². The van der Waals surface area contributed by atoms with Crippen molar-refractivity contribution in [2.45, 2.75) is 32.4 Å². The number of nitrogens with one attached hydrogen (secondary N) is 2. The van der Waals surface area contributed by atoms with Gasteiger partial charge in [0.1, 0.15) is 6.54 Å². The van der Waals surface area contributed by atoms with E-state index in [1.807, 2.05) is 36.4 Å². The Morgan fingerprint density at radius 2 is 1.60 bits per heavy atom. The summed E-state index contributed by atoms with van der Waals surface area (Å²) >= 11 is 0. The van der Waals surface area contributed by atoms with Crippen LogP contribution in [0.2, 0.25) is 0 Å². The lowest BCUT2D eigenvalue weighted by Crippen LogP contribution is -3.11. The van der Waals surface area contributed by atoms with Crippen molar-refractivity contribution < 1.29 is 9.69 Å². The minimum atomic E-state index is -0.0519. The molecular weight excluding hydrogens is 308 g/mol. The summed E-state index contributed by atoms with van der Waals surface area (Å²) in [7, 11) is 0. The molecule has 0 aliphatic carbocycles. The van der Waals surface area contributed by atoms with Gasteiger partial charge in [0.15, 0.2) is 0 Å². The smallest absolute Gasteiger partial charge is 0.244 e. The van der Waals surface area contributed by atoms with Gasteiger partial charge in [-0.1, -0.05) is 54.6 Å². The first-order valence-electron chi connectivity index (χ1n) is 9.22. The van der Waals surface area contributed by atoms with Crippen molar-refractivity contribution >= 4 is 12.0 Å². The molecule has 2 aromatic carbocycles. The molecule has 3 heteroatoms. The maximum absolute atomic E-state index is 12.1. The summed E-state index contributed by atoms with van der Waals surface area (Å²) in [6.07, 6.45) is 7.49. The van der Waals surface area contributed by atoms with E-state index in [9.17, 15) is 4.79 Å². The summed E-state index contributed by atoms with van der Waals surface area (Å²) in [4.78, 5) is 13.7. The zero-order chi connectivity index (χ0) is 17.3. The molecule has 1 saturated heterocycles. The monoisotopic (exact) mass is 335 g/mol. The topological polar surface area (TPSA) is 33.5 Å². The van der Waals surface area contributed by atoms with Crippen LogP contribution in [0.1, 0.15) is 36.0 Å². The van der Waals surface area contributed by atoms with Gasteiger partial charge in [-0.05, 0) is 36.5 Å². The van der Waals surface area contributed by atoms with E-state index in [0.717, 1.165) is 12.1 Å². The molecule has 1 heterocycles. The molecule has 0 spiro atoms. The number of likely N-dealkylation sites (tertiary alicyclic amines) is 1. The van der Waals surface area contributed by atoms with Crippen LogP contribution in [-0.2, 0) is 17.9 Å². The third-order valence-electron chi connectivity index (χ3n) is 4.80. The van der Waals surface area contributed by atoms with Gasteiger partial charge < -0.3 is 10.2 Å². The fourth-order valence-electron chi connectivity index (χ4n) is 3.38. The van der Waals surface area contributed by atoms with E-state index < -0.39 is 0 Å². The van der Waals surface area contributed by atoms with Crippen molar-refractivity contribution in [2.24, 2.45) is 0 Å². The third kappa shape index (κ3) is 5.57. The van der Waals surface area contributed by atoms with Crippen LogP contribution in [0.5, 0.6) is 0 Å². The molecule has 0 saturated carbocycles. The van der Waals surface area contributed by atoms with E-state index in [1.54, 1.807) is 11.0 Å². The molecule has 0 aromatic heterocycles. The van der Waals surface area contributed by atoms with Crippen LogP contribution in [0, 0.1) is 0 Å². The SMILES string of the molecule is O=C(/C=C/c1ccccc1)NCc1ccccc1C[NH+]1CCCCC1. The Morgan fingerprint density at radius 1 is 0.920 bits per heavy atom. The molecule has 3 nitrogen and oxygen atoms in total. The molecule has 0 radical (unpaired) electrons. The highest BCUT2D eigenvalue weighted by molar-refractivity contribution is 5.91. The number of hydrogen-bond donors (Lipinski definition) is 2. The second-order valence-electron chi connectivity index (χ2n) is 6.72. The van der Waals surface area contributed by atoms with Gasteiger partial charge in [0.25, 0.3) is 0 Å². The van der Waals surface area contributed by atoms with Crippen molar-refractivity contribution in [1.82, 2.24) is 5.32 Å². The number of amides is 1. The highest BCUT2D eigenvalue weighted by Crippen LogP contribution is 2.08. The van der Waals surface area contributed by atoms with E-state index >= 15 is 0 Å². The number of hydrogen-bond acceptors (Lipinski definition) is 1. The van der Waals surface area contributed by atoms with E-state index in [2.05, 4.69) is 29.6 Å². The zero-order valence-electron chi connectivity index (χ0n) is 14.7. The predicted octanol–water partition coefficient (Wildman–Crippen LogP) is 2.59. The Kier molecular flexibility index (Phi) is 6.41. The van der Waals surface area contributed by atoms with Crippen LogP contribution in [0.3, 0.4) is 0 Å². The fraction of sp³-hybridized carbons (Fsp3) is 0.318. The van der Waals surface area contributed by atoms with Gasteiger partial charge in [-0.15, -0.1) is 0 Å². The first kappa shape index (κ1) is 17.4. The maximum Gasteiger partial charge on any atom is 0.244 e. The number of carbonyl (C=O) groups is 1. The minimum Gasteiger partial charge on any atom is -0.348 e. The van der Waals surface area contributed by atoms with Crippen LogP contribution in [0.15, 0.2) is 60.7 Å². The zero-order valence-corrected chi connectivity index (χ0v) is 14.7. The van der Waals surface area contributed by atoms with Crippen molar-refractivity contribution in [2.75, 3.05) is 13.1 Å². The quantitative estimate of drug-likeness (QED) is 0.782. The molecule has 130 valence electrons. The Balaban J connectivity index is 1.55. The summed E-state index contributed by atoms with van der Waals surface area (Å²) in [6, 6.07) is 18.4. The Bertz CT molecular complexity index is 703. The molecule has 0 bridgehead atoms. The minimum absolute atomic E-state index is 0.0519. The normalized spacial score (nSPS) is 15.4. The first-order valence-corrected chi connectivity index (χ1v) is 9.22. The van der Waals surface area contributed by atoms with Gasteiger partial charge >= 0.3 is 0 Å². The summed E-state index contributed by atoms with van der Waals surface area (Å²) in [5, 5.41) is 3.01. The molecule has 1 aliphatic rings. The largest absolute Gasteiger partial charge is 0.348 e. The van der Waals surface area contributed by atoms with Crippen LogP contribution in [-0.4, -0.2) is 19.0 Å². The van der Waals surface area contributed by atoms with E-state index in [4.69, 9.17) is 0 Å². The molecule has 1 amide bonds. The van der Waals surface area contributed by atoms with Crippen LogP contribution in [0.4, 0.5) is 0 Å². The standard InChI is InChI=1S/C22H26N2O/c25-22(14-13-19-9-3-1-4-10-19)23-17-20-11-5-6-12-21(20)18-24-15-7-2-8-16-24/h1,3-6,9-14H,2,7-8,15-18H2,(H,23,25)/p+1/b14-13+. The molecule has 2 aromatic rings. The predicted molar refractivity (Wildman–Crippen MR) is 102 cm³/mol.